The third-order valence-corrected chi connectivity index (χ3v) is 1.34. The molecule has 1 atom stereocenters. The molecule has 0 aromatic heterocycles. The molecule has 0 amide bonds. The summed E-state index contributed by atoms with van der Waals surface area (Å²) in [4.78, 5) is 0. The fraction of sp³-hybridized carbons (Fsp3) is 1.00. The largest absolute Gasteiger partial charge is 0.459 e. The van der Waals surface area contributed by atoms with Gasteiger partial charge in [-0.05, 0) is 0 Å². The monoisotopic (exact) mass is 232 g/mol. The molecule has 0 saturated heterocycles. The molecule has 1 nitrogen and oxygen atoms in total. The first kappa shape index (κ1) is 13.4. The van der Waals surface area contributed by atoms with Crippen molar-refractivity contribution < 1.29 is 40.2 Å². The van der Waals surface area contributed by atoms with E-state index >= 15 is 0 Å². The van der Waals surface area contributed by atoms with Gasteiger partial charge in [-0.25, -0.2) is 4.39 Å². The van der Waals surface area contributed by atoms with Gasteiger partial charge in [-0.1, -0.05) is 0 Å². The van der Waals surface area contributed by atoms with Crippen molar-refractivity contribution in [3.63, 3.8) is 0 Å². The van der Waals surface area contributed by atoms with Gasteiger partial charge in [0, 0.05) is 0 Å². The predicted molar refractivity (Wildman–Crippen MR) is 27.9 cm³/mol. The molecule has 0 heterocycles. The molecule has 0 aliphatic heterocycles. The Kier molecular flexibility index (Phi) is 3.37. The average molecular weight is 232 g/mol. The Morgan fingerprint density at radius 1 is 0.929 bits per heavy atom. The van der Waals surface area contributed by atoms with E-state index in [0.717, 1.165) is 0 Å². The molecule has 0 aromatic rings. The summed E-state index contributed by atoms with van der Waals surface area (Å²) in [7, 11) is 0. The Hall–Kier alpha value is -0.600. The number of halogens is 8. The third-order valence-electron chi connectivity index (χ3n) is 1.34. The van der Waals surface area contributed by atoms with Gasteiger partial charge in [0.15, 0.2) is 6.10 Å². The zero-order valence-electron chi connectivity index (χ0n) is 6.26. The first-order valence-corrected chi connectivity index (χ1v) is 3.05. The van der Waals surface area contributed by atoms with E-state index in [2.05, 4.69) is 0 Å². The molecule has 9 heteroatoms. The minimum Gasteiger partial charge on any atom is -0.384 e. The van der Waals surface area contributed by atoms with Crippen LogP contribution < -0.4 is 0 Å². The lowest BCUT2D eigenvalue weighted by atomic mass is 10.1. The van der Waals surface area contributed by atoms with Gasteiger partial charge in [0.2, 0.25) is 0 Å². The zero-order chi connectivity index (χ0) is 11.8. The van der Waals surface area contributed by atoms with E-state index in [-0.39, 0.29) is 0 Å². The number of hydrogen-bond donors (Lipinski definition) is 1. The minimum atomic E-state index is -6.55. The minimum absolute atomic E-state index is 2.40. The van der Waals surface area contributed by atoms with Gasteiger partial charge in [0.1, 0.15) is 6.67 Å². The normalized spacial score (nSPS) is 16.9. The average Bonchev–Trinajstić information content (AvgIpc) is 2.00. The highest BCUT2D eigenvalue weighted by atomic mass is 19.4. The standard InChI is InChI=1S/C5H4F8O/c6-1-2(14)3(7,8)4(9,10)5(11,12)13/h2,14H,1H2. The van der Waals surface area contributed by atoms with Gasteiger partial charge in [-0.2, -0.15) is 30.7 Å². The molecule has 0 saturated carbocycles. The summed E-state index contributed by atoms with van der Waals surface area (Å²) >= 11 is 0. The summed E-state index contributed by atoms with van der Waals surface area (Å²) in [6, 6.07) is 0. The maximum Gasteiger partial charge on any atom is 0.459 e. The van der Waals surface area contributed by atoms with Crippen LogP contribution in [0, 0.1) is 0 Å². The van der Waals surface area contributed by atoms with E-state index in [9.17, 15) is 35.1 Å². The molecule has 14 heavy (non-hydrogen) atoms. The molecule has 0 rings (SSSR count). The topological polar surface area (TPSA) is 20.2 Å². The Bertz CT molecular complexity index is 196. The lowest BCUT2D eigenvalue weighted by molar-refractivity contribution is -0.371. The molecule has 86 valence electrons. The van der Waals surface area contributed by atoms with Crippen LogP contribution in [-0.4, -0.2) is 35.9 Å². The molecule has 0 aliphatic rings. The Labute approximate surface area is 72.3 Å². The van der Waals surface area contributed by atoms with Crippen LogP contribution in [0.1, 0.15) is 0 Å². The van der Waals surface area contributed by atoms with Crippen LogP contribution >= 0.6 is 0 Å². The molecule has 1 unspecified atom stereocenters. The summed E-state index contributed by atoms with van der Waals surface area (Å²) in [5, 5.41) is 7.98. The van der Waals surface area contributed by atoms with Crippen LogP contribution in [0.4, 0.5) is 35.1 Å². The van der Waals surface area contributed by atoms with E-state index in [1.165, 1.54) is 0 Å². The molecule has 0 fully saturated rings. The van der Waals surface area contributed by atoms with Gasteiger partial charge < -0.3 is 5.11 Å². The van der Waals surface area contributed by atoms with Crippen molar-refractivity contribution in [1.82, 2.24) is 0 Å². The van der Waals surface area contributed by atoms with Crippen molar-refractivity contribution in [1.29, 1.82) is 0 Å². The summed E-state index contributed by atoms with van der Waals surface area (Å²) in [5.74, 6) is -12.4. The van der Waals surface area contributed by atoms with Gasteiger partial charge in [-0.15, -0.1) is 0 Å². The lowest BCUT2D eigenvalue weighted by Crippen LogP contribution is -2.58. The lowest BCUT2D eigenvalue weighted by Gasteiger charge is -2.30. The SMILES string of the molecule is OC(CF)C(F)(F)C(F)(F)C(F)(F)F. The van der Waals surface area contributed by atoms with Crippen LogP contribution in [0.15, 0.2) is 0 Å². The van der Waals surface area contributed by atoms with Crippen molar-refractivity contribution in [2.45, 2.75) is 24.1 Å². The molecule has 0 aliphatic carbocycles. The zero-order valence-corrected chi connectivity index (χ0v) is 6.26. The molecule has 0 bridgehead atoms. The molecule has 0 aromatic carbocycles. The summed E-state index contributed by atoms with van der Waals surface area (Å²) < 4.78 is 93.6. The van der Waals surface area contributed by atoms with Crippen LogP contribution in [0.3, 0.4) is 0 Å². The van der Waals surface area contributed by atoms with E-state index in [4.69, 9.17) is 5.11 Å². The quantitative estimate of drug-likeness (QED) is 0.739. The maximum absolute atomic E-state index is 12.1. The van der Waals surface area contributed by atoms with Gasteiger partial charge in [0.25, 0.3) is 0 Å². The highest BCUT2D eigenvalue weighted by molar-refractivity contribution is 4.95. The number of aliphatic hydroxyl groups is 1. The van der Waals surface area contributed by atoms with E-state index in [1.807, 2.05) is 0 Å². The van der Waals surface area contributed by atoms with E-state index in [0.29, 0.717) is 0 Å². The van der Waals surface area contributed by atoms with Crippen LogP contribution in [-0.2, 0) is 0 Å². The fourth-order valence-electron chi connectivity index (χ4n) is 0.495. The number of alkyl halides is 8. The van der Waals surface area contributed by atoms with Crippen LogP contribution in [0.2, 0.25) is 0 Å². The van der Waals surface area contributed by atoms with Crippen LogP contribution in [0.25, 0.3) is 0 Å². The number of rotatable bonds is 3. The van der Waals surface area contributed by atoms with Crippen molar-refractivity contribution >= 4 is 0 Å². The number of hydrogen-bond acceptors (Lipinski definition) is 1. The Morgan fingerprint density at radius 2 is 1.29 bits per heavy atom. The highest BCUT2D eigenvalue weighted by Crippen LogP contribution is 2.47. The van der Waals surface area contributed by atoms with Crippen molar-refractivity contribution in [2.24, 2.45) is 0 Å². The van der Waals surface area contributed by atoms with Gasteiger partial charge in [-0.3, -0.25) is 0 Å². The fourth-order valence-corrected chi connectivity index (χ4v) is 0.495. The Morgan fingerprint density at radius 3 is 1.50 bits per heavy atom. The number of aliphatic hydroxyl groups excluding tert-OH is 1. The summed E-state index contributed by atoms with van der Waals surface area (Å²) in [6.45, 7) is -2.40. The van der Waals surface area contributed by atoms with Gasteiger partial charge >= 0.3 is 18.0 Å². The van der Waals surface area contributed by atoms with Crippen LogP contribution in [0.5, 0.6) is 0 Å². The second-order valence-electron chi connectivity index (χ2n) is 2.37. The molecular weight excluding hydrogens is 228 g/mol. The molecule has 0 radical (unpaired) electrons. The van der Waals surface area contributed by atoms with Crippen molar-refractivity contribution in [3.05, 3.63) is 0 Å². The highest BCUT2D eigenvalue weighted by Gasteiger charge is 2.75. The Balaban J connectivity index is 5.07. The van der Waals surface area contributed by atoms with Crippen molar-refractivity contribution in [2.75, 3.05) is 6.67 Å². The predicted octanol–water partition coefficient (Wildman–Crippen LogP) is 2.15. The second-order valence-corrected chi connectivity index (χ2v) is 2.37. The molecule has 1 N–H and O–H groups in total. The summed E-state index contributed by atoms with van der Waals surface area (Å²) in [6.07, 6.45) is -10.2. The van der Waals surface area contributed by atoms with Crippen molar-refractivity contribution in [3.8, 4) is 0 Å². The molecule has 0 spiro atoms. The van der Waals surface area contributed by atoms with E-state index in [1.54, 1.807) is 0 Å². The smallest absolute Gasteiger partial charge is 0.384 e. The first-order valence-electron chi connectivity index (χ1n) is 3.05. The first-order chi connectivity index (χ1) is 5.98. The summed E-state index contributed by atoms with van der Waals surface area (Å²) in [5.41, 5.74) is 0. The third kappa shape index (κ3) is 1.91. The second kappa shape index (κ2) is 3.52. The van der Waals surface area contributed by atoms with Gasteiger partial charge in [0.05, 0.1) is 0 Å². The van der Waals surface area contributed by atoms with E-state index < -0.39 is 30.8 Å². The molecular formula is C5H4F8O. The maximum atomic E-state index is 12.1.